The van der Waals surface area contributed by atoms with Gasteiger partial charge in [-0.25, -0.2) is 0 Å². The topological polar surface area (TPSA) is 39.2 Å². The predicted molar refractivity (Wildman–Crippen MR) is 66.5 cm³/mol. The summed E-state index contributed by atoms with van der Waals surface area (Å²) in [6.45, 7) is 1.96. The van der Waals surface area contributed by atoms with Crippen molar-refractivity contribution in [2.24, 2.45) is 5.73 Å². The Morgan fingerprint density at radius 1 is 1.25 bits per heavy atom. The zero-order chi connectivity index (χ0) is 11.5. The molecule has 0 saturated heterocycles. The minimum absolute atomic E-state index is 0.102. The van der Waals surface area contributed by atoms with Crippen LogP contribution < -0.4 is 5.73 Å². The summed E-state index contributed by atoms with van der Waals surface area (Å²) in [5, 5.41) is 0.698. The molecule has 1 unspecified atom stereocenters. The van der Waals surface area contributed by atoms with Crippen molar-refractivity contribution in [1.29, 1.82) is 0 Å². The van der Waals surface area contributed by atoms with E-state index in [-0.39, 0.29) is 6.04 Å². The molecule has 2 rings (SSSR count). The molecule has 2 nitrogen and oxygen atoms in total. The van der Waals surface area contributed by atoms with E-state index in [4.69, 9.17) is 21.8 Å². The van der Waals surface area contributed by atoms with Gasteiger partial charge in [0.05, 0.1) is 5.02 Å². The third-order valence-electron chi connectivity index (χ3n) is 2.32. The fourth-order valence-electron chi connectivity index (χ4n) is 1.61. The van der Waals surface area contributed by atoms with Crippen molar-refractivity contribution >= 4 is 11.6 Å². The summed E-state index contributed by atoms with van der Waals surface area (Å²) in [5.74, 6) is 1.69. The SMILES string of the molecule is CC(N)Cc1ccc(-c2ccccc2Cl)o1. The highest BCUT2D eigenvalue weighted by atomic mass is 35.5. The van der Waals surface area contributed by atoms with Gasteiger partial charge in [0.15, 0.2) is 0 Å². The monoisotopic (exact) mass is 235 g/mol. The molecule has 2 aromatic rings. The third kappa shape index (κ3) is 2.46. The molecule has 1 aromatic heterocycles. The summed E-state index contributed by atoms with van der Waals surface area (Å²) in [5.41, 5.74) is 6.63. The molecule has 1 atom stereocenters. The molecule has 2 N–H and O–H groups in total. The molecule has 3 heteroatoms. The van der Waals surface area contributed by atoms with Crippen molar-refractivity contribution in [3.05, 3.63) is 47.2 Å². The minimum Gasteiger partial charge on any atom is -0.461 e. The maximum absolute atomic E-state index is 6.09. The standard InChI is InChI=1S/C13H14ClNO/c1-9(15)8-10-6-7-13(16-10)11-4-2-3-5-12(11)14/h2-7,9H,8,15H2,1H3. The molecule has 0 bridgehead atoms. The molecule has 0 fully saturated rings. The maximum atomic E-state index is 6.09. The second-order valence-electron chi connectivity index (χ2n) is 3.93. The summed E-state index contributed by atoms with van der Waals surface area (Å²) in [4.78, 5) is 0. The van der Waals surface area contributed by atoms with Crippen LogP contribution in [0.5, 0.6) is 0 Å². The average Bonchev–Trinajstić information content (AvgIpc) is 2.66. The Balaban J connectivity index is 2.28. The first kappa shape index (κ1) is 11.2. The van der Waals surface area contributed by atoms with Gasteiger partial charge >= 0.3 is 0 Å². The number of benzene rings is 1. The van der Waals surface area contributed by atoms with E-state index in [0.717, 1.165) is 23.5 Å². The van der Waals surface area contributed by atoms with Crippen molar-refractivity contribution < 1.29 is 4.42 Å². The maximum Gasteiger partial charge on any atom is 0.135 e. The normalized spacial score (nSPS) is 12.7. The molecule has 0 amide bonds. The summed E-state index contributed by atoms with van der Waals surface area (Å²) >= 11 is 6.09. The number of hydrogen-bond donors (Lipinski definition) is 1. The van der Waals surface area contributed by atoms with Crippen LogP contribution in [0.3, 0.4) is 0 Å². The fourth-order valence-corrected chi connectivity index (χ4v) is 1.84. The van der Waals surface area contributed by atoms with E-state index < -0.39 is 0 Å². The van der Waals surface area contributed by atoms with Gasteiger partial charge in [0.2, 0.25) is 0 Å². The largest absolute Gasteiger partial charge is 0.461 e. The van der Waals surface area contributed by atoms with Crippen LogP contribution in [-0.4, -0.2) is 6.04 Å². The molecule has 84 valence electrons. The highest BCUT2D eigenvalue weighted by Gasteiger charge is 2.08. The Bertz CT molecular complexity index is 476. The Morgan fingerprint density at radius 2 is 2.00 bits per heavy atom. The van der Waals surface area contributed by atoms with Gasteiger partial charge in [-0.15, -0.1) is 0 Å². The minimum atomic E-state index is 0.102. The van der Waals surface area contributed by atoms with Crippen LogP contribution in [-0.2, 0) is 6.42 Å². The lowest BCUT2D eigenvalue weighted by Crippen LogP contribution is -2.17. The molecule has 1 aromatic carbocycles. The van der Waals surface area contributed by atoms with E-state index in [1.807, 2.05) is 43.3 Å². The predicted octanol–water partition coefficient (Wildman–Crippen LogP) is 3.49. The van der Waals surface area contributed by atoms with E-state index >= 15 is 0 Å². The van der Waals surface area contributed by atoms with Gasteiger partial charge in [-0.1, -0.05) is 23.7 Å². The first-order chi connectivity index (χ1) is 7.66. The first-order valence-electron chi connectivity index (χ1n) is 5.26. The zero-order valence-electron chi connectivity index (χ0n) is 9.11. The van der Waals surface area contributed by atoms with Crippen LogP contribution >= 0.6 is 11.6 Å². The van der Waals surface area contributed by atoms with Crippen molar-refractivity contribution in [2.75, 3.05) is 0 Å². The van der Waals surface area contributed by atoms with Crippen LogP contribution in [0, 0.1) is 0 Å². The number of nitrogens with two attached hydrogens (primary N) is 1. The first-order valence-corrected chi connectivity index (χ1v) is 5.64. The summed E-state index contributed by atoms with van der Waals surface area (Å²) in [6, 6.07) is 11.6. The van der Waals surface area contributed by atoms with E-state index in [1.165, 1.54) is 0 Å². The van der Waals surface area contributed by atoms with Crippen LogP contribution in [0.1, 0.15) is 12.7 Å². The second-order valence-corrected chi connectivity index (χ2v) is 4.33. The third-order valence-corrected chi connectivity index (χ3v) is 2.65. The van der Waals surface area contributed by atoms with Crippen molar-refractivity contribution in [3.63, 3.8) is 0 Å². The van der Waals surface area contributed by atoms with E-state index in [1.54, 1.807) is 0 Å². The number of hydrogen-bond acceptors (Lipinski definition) is 2. The molecule has 0 aliphatic carbocycles. The summed E-state index contributed by atoms with van der Waals surface area (Å²) < 4.78 is 5.70. The summed E-state index contributed by atoms with van der Waals surface area (Å²) in [7, 11) is 0. The Hall–Kier alpha value is -1.25. The van der Waals surface area contributed by atoms with Gasteiger partial charge in [-0.3, -0.25) is 0 Å². The van der Waals surface area contributed by atoms with Gasteiger partial charge in [0.25, 0.3) is 0 Å². The van der Waals surface area contributed by atoms with Gasteiger partial charge in [0.1, 0.15) is 11.5 Å². The van der Waals surface area contributed by atoms with E-state index in [2.05, 4.69) is 0 Å². The highest BCUT2D eigenvalue weighted by molar-refractivity contribution is 6.33. The lowest BCUT2D eigenvalue weighted by atomic mass is 10.2. The van der Waals surface area contributed by atoms with Crippen LogP contribution in [0.15, 0.2) is 40.8 Å². The fraction of sp³-hybridized carbons (Fsp3) is 0.231. The molecule has 0 radical (unpaired) electrons. The Morgan fingerprint density at radius 3 is 2.69 bits per heavy atom. The molecule has 0 spiro atoms. The average molecular weight is 236 g/mol. The number of furan rings is 1. The molecular weight excluding hydrogens is 222 g/mol. The molecule has 0 aliphatic heterocycles. The van der Waals surface area contributed by atoms with Gasteiger partial charge in [-0.05, 0) is 31.2 Å². The number of halogens is 1. The zero-order valence-corrected chi connectivity index (χ0v) is 9.87. The summed E-state index contributed by atoms with van der Waals surface area (Å²) in [6.07, 6.45) is 0.741. The smallest absolute Gasteiger partial charge is 0.135 e. The van der Waals surface area contributed by atoms with Gasteiger partial charge in [-0.2, -0.15) is 0 Å². The van der Waals surface area contributed by atoms with Crippen LogP contribution in [0.25, 0.3) is 11.3 Å². The van der Waals surface area contributed by atoms with Gasteiger partial charge in [0, 0.05) is 18.0 Å². The quantitative estimate of drug-likeness (QED) is 0.885. The van der Waals surface area contributed by atoms with E-state index in [0.29, 0.717) is 5.02 Å². The number of rotatable bonds is 3. The van der Waals surface area contributed by atoms with E-state index in [9.17, 15) is 0 Å². The van der Waals surface area contributed by atoms with Crippen molar-refractivity contribution in [1.82, 2.24) is 0 Å². The Labute approximate surface area is 100 Å². The lowest BCUT2D eigenvalue weighted by molar-refractivity contribution is 0.503. The molecule has 16 heavy (non-hydrogen) atoms. The molecule has 0 saturated carbocycles. The van der Waals surface area contributed by atoms with Crippen LogP contribution in [0.2, 0.25) is 5.02 Å². The van der Waals surface area contributed by atoms with Crippen LogP contribution in [0.4, 0.5) is 0 Å². The lowest BCUT2D eigenvalue weighted by Gasteiger charge is -2.02. The second kappa shape index (κ2) is 4.73. The van der Waals surface area contributed by atoms with Crippen molar-refractivity contribution in [2.45, 2.75) is 19.4 Å². The van der Waals surface area contributed by atoms with Gasteiger partial charge < -0.3 is 10.2 Å². The Kier molecular flexibility index (Phi) is 3.32. The molecular formula is C13H14ClNO. The molecule has 1 heterocycles. The molecule has 0 aliphatic rings. The highest BCUT2D eigenvalue weighted by Crippen LogP contribution is 2.29. The van der Waals surface area contributed by atoms with Crippen molar-refractivity contribution in [3.8, 4) is 11.3 Å².